The number of rotatable bonds is 1. The van der Waals surface area contributed by atoms with E-state index >= 15 is 0 Å². The van der Waals surface area contributed by atoms with Crippen LogP contribution in [0.25, 0.3) is 5.69 Å². The second-order valence-corrected chi connectivity index (χ2v) is 4.10. The molecule has 0 atom stereocenters. The van der Waals surface area contributed by atoms with E-state index in [0.717, 1.165) is 0 Å². The van der Waals surface area contributed by atoms with Crippen LogP contribution in [0.3, 0.4) is 0 Å². The minimum Gasteiger partial charge on any atom is -0.266 e. The molecule has 0 fully saturated rings. The first kappa shape index (κ1) is 16.0. The van der Waals surface area contributed by atoms with Gasteiger partial charge in [-0.2, -0.15) is 4.39 Å². The third-order valence-electron chi connectivity index (χ3n) is 2.84. The number of aromatic nitrogens is 1. The predicted octanol–water partition coefficient (Wildman–Crippen LogP) is 3.26. The summed E-state index contributed by atoms with van der Waals surface area (Å²) in [6.45, 7) is 0.651. The van der Waals surface area contributed by atoms with Crippen molar-refractivity contribution >= 4 is 0 Å². The van der Waals surface area contributed by atoms with Crippen LogP contribution in [-0.4, -0.2) is 4.57 Å². The van der Waals surface area contributed by atoms with Crippen LogP contribution in [-0.2, 0) is 0 Å². The van der Waals surface area contributed by atoms with Crippen LogP contribution in [0.4, 0.5) is 35.1 Å². The summed E-state index contributed by atoms with van der Waals surface area (Å²) in [7, 11) is 0. The molecule has 0 aliphatic rings. The lowest BCUT2D eigenvalue weighted by atomic mass is 10.2. The van der Waals surface area contributed by atoms with Crippen molar-refractivity contribution in [1.82, 2.24) is 4.57 Å². The molecule has 118 valence electrons. The van der Waals surface area contributed by atoms with Gasteiger partial charge in [0.05, 0.1) is 0 Å². The highest BCUT2D eigenvalue weighted by Crippen LogP contribution is 2.27. The Bertz CT molecular complexity index is 829. The average Bonchev–Trinajstić information content (AvgIpc) is 2.50. The highest BCUT2D eigenvalue weighted by Gasteiger charge is 2.31. The van der Waals surface area contributed by atoms with Crippen LogP contribution in [0.15, 0.2) is 4.79 Å². The van der Waals surface area contributed by atoms with E-state index in [4.69, 9.17) is 0 Å². The smallest absolute Gasteiger partial charge is 0.266 e. The Morgan fingerprint density at radius 3 is 1.50 bits per heavy atom. The zero-order chi connectivity index (χ0) is 16.9. The molecule has 2 rings (SSSR count). The van der Waals surface area contributed by atoms with E-state index in [1.165, 1.54) is 0 Å². The van der Waals surface area contributed by atoms with Crippen LogP contribution >= 0.6 is 0 Å². The van der Waals surface area contributed by atoms with Gasteiger partial charge in [0.1, 0.15) is 5.69 Å². The molecule has 0 aliphatic carbocycles. The first-order valence-electron chi connectivity index (χ1n) is 5.39. The standard InChI is InChI=1S/C12H3F8NO/c1-2-3(13)11(20)21(12(22)4(2)14)10-8(18)6(16)5(15)7(17)9(10)19/h1H3. The first-order chi connectivity index (χ1) is 10.1. The van der Waals surface area contributed by atoms with Crippen molar-refractivity contribution in [2.75, 3.05) is 0 Å². The van der Waals surface area contributed by atoms with Gasteiger partial charge in [0.25, 0.3) is 5.56 Å². The van der Waals surface area contributed by atoms with Gasteiger partial charge in [-0.15, -0.1) is 0 Å². The molecule has 0 amide bonds. The number of hydrogen-bond acceptors (Lipinski definition) is 1. The van der Waals surface area contributed by atoms with Gasteiger partial charge in [-0.25, -0.2) is 35.3 Å². The molecule has 0 N–H and O–H groups in total. The fraction of sp³-hybridized carbons (Fsp3) is 0.0833. The Morgan fingerprint density at radius 1 is 0.636 bits per heavy atom. The third-order valence-corrected chi connectivity index (χ3v) is 2.84. The van der Waals surface area contributed by atoms with E-state index in [-0.39, 0.29) is 0 Å². The molecule has 0 saturated carbocycles. The van der Waals surface area contributed by atoms with E-state index in [1.807, 2.05) is 0 Å². The van der Waals surface area contributed by atoms with Crippen molar-refractivity contribution in [1.29, 1.82) is 0 Å². The topological polar surface area (TPSA) is 22.0 Å². The lowest BCUT2D eigenvalue weighted by Crippen LogP contribution is -2.29. The van der Waals surface area contributed by atoms with Crippen LogP contribution in [0.1, 0.15) is 5.56 Å². The molecule has 1 aromatic carbocycles. The Kier molecular flexibility index (Phi) is 3.71. The molecule has 0 saturated heterocycles. The summed E-state index contributed by atoms with van der Waals surface area (Å²) >= 11 is 0. The quantitative estimate of drug-likeness (QED) is 0.341. The van der Waals surface area contributed by atoms with Gasteiger partial charge in [-0.3, -0.25) is 4.79 Å². The van der Waals surface area contributed by atoms with Crippen molar-refractivity contribution in [2.24, 2.45) is 0 Å². The SMILES string of the molecule is Cc1c(F)c(F)n(-c2c(F)c(F)c(F)c(F)c2F)c(=O)c1F. The van der Waals surface area contributed by atoms with Gasteiger partial charge in [-0.1, -0.05) is 0 Å². The molecular weight excluding hydrogens is 326 g/mol. The molecule has 2 nitrogen and oxygen atoms in total. The Labute approximate surface area is 116 Å². The number of nitrogens with zero attached hydrogens (tertiary/aromatic N) is 1. The Morgan fingerprint density at radius 2 is 1.05 bits per heavy atom. The minimum atomic E-state index is -2.58. The number of halogens is 8. The largest absolute Gasteiger partial charge is 0.293 e. The van der Waals surface area contributed by atoms with Crippen molar-refractivity contribution in [2.45, 2.75) is 6.92 Å². The van der Waals surface area contributed by atoms with E-state index in [1.54, 1.807) is 0 Å². The molecule has 0 spiro atoms. The average molecular weight is 329 g/mol. The Hall–Kier alpha value is -2.39. The fourth-order valence-electron chi connectivity index (χ4n) is 1.69. The second-order valence-electron chi connectivity index (χ2n) is 4.10. The van der Waals surface area contributed by atoms with Crippen molar-refractivity contribution in [3.8, 4) is 5.69 Å². The third kappa shape index (κ3) is 1.97. The van der Waals surface area contributed by atoms with E-state index in [0.29, 0.717) is 6.92 Å². The molecule has 0 bridgehead atoms. The number of hydrogen-bond donors (Lipinski definition) is 0. The normalized spacial score (nSPS) is 11.1. The first-order valence-corrected chi connectivity index (χ1v) is 5.39. The highest BCUT2D eigenvalue weighted by molar-refractivity contribution is 5.39. The summed E-state index contributed by atoms with van der Waals surface area (Å²) in [5.41, 5.74) is -5.33. The van der Waals surface area contributed by atoms with E-state index < -0.39 is 68.0 Å². The van der Waals surface area contributed by atoms with E-state index in [9.17, 15) is 39.9 Å². The molecule has 1 aromatic heterocycles. The molecule has 0 radical (unpaired) electrons. The van der Waals surface area contributed by atoms with Crippen molar-refractivity contribution in [3.63, 3.8) is 0 Å². The van der Waals surface area contributed by atoms with Gasteiger partial charge >= 0.3 is 0 Å². The minimum absolute atomic E-state index is 0.651. The molecular formula is C12H3F8NO. The zero-order valence-electron chi connectivity index (χ0n) is 10.4. The number of pyridine rings is 1. The van der Waals surface area contributed by atoms with Crippen molar-refractivity contribution in [3.05, 3.63) is 62.6 Å². The lowest BCUT2D eigenvalue weighted by molar-refractivity contribution is 0.364. The summed E-state index contributed by atoms with van der Waals surface area (Å²) in [6, 6.07) is 0. The summed E-state index contributed by atoms with van der Waals surface area (Å²) in [6.07, 6.45) is 0. The monoisotopic (exact) mass is 329 g/mol. The van der Waals surface area contributed by atoms with Gasteiger partial charge in [0.2, 0.25) is 11.8 Å². The molecule has 22 heavy (non-hydrogen) atoms. The highest BCUT2D eigenvalue weighted by atomic mass is 19.2. The number of benzene rings is 1. The van der Waals surface area contributed by atoms with Crippen molar-refractivity contribution < 1.29 is 35.1 Å². The summed E-state index contributed by atoms with van der Waals surface area (Å²) in [5, 5.41) is 0. The fourth-order valence-corrected chi connectivity index (χ4v) is 1.69. The molecule has 1 heterocycles. The Balaban J connectivity index is 3.06. The maximum Gasteiger partial charge on any atom is 0.293 e. The van der Waals surface area contributed by atoms with Gasteiger partial charge in [0.15, 0.2) is 34.9 Å². The lowest BCUT2D eigenvalue weighted by Gasteiger charge is -2.13. The van der Waals surface area contributed by atoms with Crippen LogP contribution < -0.4 is 5.56 Å². The predicted molar refractivity (Wildman–Crippen MR) is 56.4 cm³/mol. The molecule has 0 aliphatic heterocycles. The van der Waals surface area contributed by atoms with Gasteiger partial charge < -0.3 is 0 Å². The molecule has 0 unspecified atom stereocenters. The summed E-state index contributed by atoms with van der Waals surface area (Å²) < 4.78 is 106. The zero-order valence-corrected chi connectivity index (χ0v) is 10.4. The van der Waals surface area contributed by atoms with Crippen LogP contribution in [0.5, 0.6) is 0 Å². The maximum atomic E-state index is 13.7. The summed E-state index contributed by atoms with van der Waals surface area (Å²) in [5.74, 6) is -19.0. The van der Waals surface area contributed by atoms with Gasteiger partial charge in [0, 0.05) is 5.56 Å². The molecule has 2 aromatic rings. The maximum absolute atomic E-state index is 13.7. The summed E-state index contributed by atoms with van der Waals surface area (Å²) in [4.78, 5) is 11.5. The van der Waals surface area contributed by atoms with Crippen LogP contribution in [0.2, 0.25) is 0 Å². The second kappa shape index (κ2) is 5.11. The van der Waals surface area contributed by atoms with Crippen LogP contribution in [0, 0.1) is 53.6 Å². The molecule has 10 heteroatoms. The van der Waals surface area contributed by atoms with Gasteiger partial charge in [-0.05, 0) is 6.92 Å². The van der Waals surface area contributed by atoms with E-state index in [2.05, 4.69) is 0 Å².